The highest BCUT2D eigenvalue weighted by molar-refractivity contribution is 5.84. The molecule has 0 aliphatic carbocycles. The SMILES string of the molecule is CC1CN(c2nnc3cnc4ccc(-c5ccc(OCCCN(C)C)c(C(F)(F)F)c5)cc4n23)C[C@H](C)N1C. The molecule has 1 unspecified atom stereocenters. The maximum absolute atomic E-state index is 14.0. The summed E-state index contributed by atoms with van der Waals surface area (Å²) in [5, 5.41) is 8.83. The molecule has 0 amide bonds. The van der Waals surface area contributed by atoms with Gasteiger partial charge in [0.2, 0.25) is 5.95 Å². The van der Waals surface area contributed by atoms with Gasteiger partial charge in [0.15, 0.2) is 5.65 Å². The van der Waals surface area contributed by atoms with Gasteiger partial charge in [0.1, 0.15) is 5.75 Å². The van der Waals surface area contributed by atoms with Crippen molar-refractivity contribution in [2.24, 2.45) is 0 Å². The predicted molar refractivity (Wildman–Crippen MR) is 146 cm³/mol. The quantitative estimate of drug-likeness (QED) is 0.311. The average molecular weight is 542 g/mol. The molecule has 8 nitrogen and oxygen atoms in total. The van der Waals surface area contributed by atoms with E-state index in [0.717, 1.165) is 31.2 Å². The van der Waals surface area contributed by atoms with Crippen LogP contribution in [-0.4, -0.2) is 88.8 Å². The fourth-order valence-electron chi connectivity index (χ4n) is 5.11. The molecular weight excluding hydrogens is 507 g/mol. The first-order valence-corrected chi connectivity index (χ1v) is 13.1. The van der Waals surface area contributed by atoms with Crippen LogP contribution in [0.3, 0.4) is 0 Å². The van der Waals surface area contributed by atoms with Gasteiger partial charge in [-0.25, -0.2) is 0 Å². The third-order valence-electron chi connectivity index (χ3n) is 7.47. The van der Waals surface area contributed by atoms with Crippen molar-refractivity contribution in [1.29, 1.82) is 0 Å². The number of rotatable bonds is 7. The van der Waals surface area contributed by atoms with Crippen LogP contribution in [0.2, 0.25) is 0 Å². The molecule has 2 aromatic carbocycles. The Hall–Kier alpha value is -3.44. The van der Waals surface area contributed by atoms with Crippen LogP contribution >= 0.6 is 0 Å². The number of ether oxygens (including phenoxy) is 1. The largest absolute Gasteiger partial charge is 0.493 e. The number of fused-ring (bicyclic) bond motifs is 3. The zero-order valence-electron chi connectivity index (χ0n) is 22.9. The van der Waals surface area contributed by atoms with Crippen LogP contribution < -0.4 is 9.64 Å². The minimum Gasteiger partial charge on any atom is -0.493 e. The van der Waals surface area contributed by atoms with Gasteiger partial charge < -0.3 is 14.5 Å². The average Bonchev–Trinajstić information content (AvgIpc) is 3.33. The van der Waals surface area contributed by atoms with Crippen LogP contribution in [0.25, 0.3) is 27.8 Å². The van der Waals surface area contributed by atoms with Crippen molar-refractivity contribution in [3.05, 3.63) is 48.2 Å². The lowest BCUT2D eigenvalue weighted by Crippen LogP contribution is -2.55. The molecule has 0 N–H and O–H groups in total. The maximum Gasteiger partial charge on any atom is 0.419 e. The Morgan fingerprint density at radius 3 is 2.38 bits per heavy atom. The van der Waals surface area contributed by atoms with E-state index in [2.05, 4.69) is 45.9 Å². The van der Waals surface area contributed by atoms with Gasteiger partial charge in [-0.1, -0.05) is 12.1 Å². The molecule has 0 radical (unpaired) electrons. The highest BCUT2D eigenvalue weighted by atomic mass is 19.4. The second-order valence-electron chi connectivity index (χ2n) is 10.6. The van der Waals surface area contributed by atoms with Crippen molar-refractivity contribution in [2.45, 2.75) is 38.5 Å². The van der Waals surface area contributed by atoms with Gasteiger partial charge in [-0.15, -0.1) is 10.2 Å². The van der Waals surface area contributed by atoms with Crippen LogP contribution in [-0.2, 0) is 6.18 Å². The van der Waals surface area contributed by atoms with Crippen molar-refractivity contribution >= 4 is 22.6 Å². The van der Waals surface area contributed by atoms with E-state index in [9.17, 15) is 13.2 Å². The molecule has 4 aromatic rings. The number of anilines is 1. The predicted octanol–water partition coefficient (Wildman–Crippen LogP) is 4.82. The monoisotopic (exact) mass is 541 g/mol. The summed E-state index contributed by atoms with van der Waals surface area (Å²) in [7, 11) is 5.95. The number of benzene rings is 2. The van der Waals surface area contributed by atoms with Crippen LogP contribution in [0.15, 0.2) is 42.6 Å². The fraction of sp³-hybridized carbons (Fsp3) is 0.464. The van der Waals surface area contributed by atoms with Crippen LogP contribution in [0, 0.1) is 0 Å². The molecule has 208 valence electrons. The zero-order valence-corrected chi connectivity index (χ0v) is 22.9. The molecule has 0 bridgehead atoms. The Morgan fingerprint density at radius 2 is 1.69 bits per heavy atom. The molecule has 1 aliphatic heterocycles. The topological polar surface area (TPSA) is 62.0 Å². The Labute approximate surface area is 226 Å². The van der Waals surface area contributed by atoms with Gasteiger partial charge in [-0.2, -0.15) is 13.2 Å². The summed E-state index contributed by atoms with van der Waals surface area (Å²) in [6.45, 7) is 6.87. The summed E-state index contributed by atoms with van der Waals surface area (Å²) in [6, 6.07) is 10.4. The third-order valence-corrected chi connectivity index (χ3v) is 7.47. The highest BCUT2D eigenvalue weighted by Crippen LogP contribution is 2.39. The summed E-state index contributed by atoms with van der Waals surface area (Å²) >= 11 is 0. The summed E-state index contributed by atoms with van der Waals surface area (Å²) in [4.78, 5) is 11.0. The first kappa shape index (κ1) is 27.1. The molecule has 1 fully saturated rings. The van der Waals surface area contributed by atoms with Crippen LogP contribution in [0.1, 0.15) is 25.8 Å². The van der Waals surface area contributed by atoms with E-state index in [0.29, 0.717) is 46.7 Å². The first-order chi connectivity index (χ1) is 18.5. The van der Waals surface area contributed by atoms with Gasteiger partial charge >= 0.3 is 6.18 Å². The molecule has 2 aromatic heterocycles. The number of nitrogens with zero attached hydrogens (tertiary/aromatic N) is 7. The van der Waals surface area contributed by atoms with Crippen LogP contribution in [0.4, 0.5) is 19.1 Å². The Morgan fingerprint density at radius 1 is 1.00 bits per heavy atom. The molecule has 39 heavy (non-hydrogen) atoms. The molecular formula is C28H34F3N7O. The Balaban J connectivity index is 1.53. The van der Waals surface area contributed by atoms with Gasteiger partial charge in [0.25, 0.3) is 0 Å². The van der Waals surface area contributed by atoms with E-state index in [1.54, 1.807) is 18.3 Å². The van der Waals surface area contributed by atoms with E-state index in [1.165, 1.54) is 6.07 Å². The Kier molecular flexibility index (Phi) is 7.39. The number of halogens is 3. The van der Waals surface area contributed by atoms with Gasteiger partial charge in [-0.05, 0) is 76.8 Å². The lowest BCUT2D eigenvalue weighted by atomic mass is 10.0. The van der Waals surface area contributed by atoms with E-state index in [-0.39, 0.29) is 12.4 Å². The lowest BCUT2D eigenvalue weighted by molar-refractivity contribution is -0.138. The summed E-state index contributed by atoms with van der Waals surface area (Å²) in [5.74, 6) is 0.549. The highest BCUT2D eigenvalue weighted by Gasteiger charge is 2.35. The van der Waals surface area contributed by atoms with Gasteiger partial charge in [0, 0.05) is 31.7 Å². The minimum atomic E-state index is -4.55. The van der Waals surface area contributed by atoms with Crippen molar-refractivity contribution in [3.63, 3.8) is 0 Å². The van der Waals surface area contributed by atoms with E-state index < -0.39 is 11.7 Å². The second-order valence-corrected chi connectivity index (χ2v) is 10.6. The Bertz CT molecular complexity index is 1460. The normalized spacial score (nSPS) is 18.9. The van der Waals surface area contributed by atoms with Crippen molar-refractivity contribution in [1.82, 2.24) is 29.4 Å². The molecule has 5 rings (SSSR count). The van der Waals surface area contributed by atoms with Gasteiger partial charge in [0.05, 0.1) is 29.4 Å². The molecule has 0 spiro atoms. The van der Waals surface area contributed by atoms with E-state index in [1.807, 2.05) is 35.5 Å². The lowest BCUT2D eigenvalue weighted by Gasteiger charge is -2.42. The molecule has 1 saturated heterocycles. The molecule has 11 heteroatoms. The standard InChI is InChI=1S/C28H34F3N7O/c1-18-16-37(17-19(2)36(18)5)27-34-33-26-15-32-23-9-7-21(14-24(23)38(26)27)20-8-10-25(22(13-20)28(29,30)31)39-12-6-11-35(3)4/h7-10,13-15,18-19H,6,11-12,16-17H2,1-5H3/t18-,19?/m0/s1. The van der Waals surface area contributed by atoms with Crippen molar-refractivity contribution < 1.29 is 17.9 Å². The molecule has 0 saturated carbocycles. The summed E-state index contributed by atoms with van der Waals surface area (Å²) in [6.07, 6.45) is -2.24. The zero-order chi connectivity index (χ0) is 27.9. The number of hydrogen-bond donors (Lipinski definition) is 0. The summed E-state index contributed by atoms with van der Waals surface area (Å²) in [5.41, 5.74) is 2.33. The van der Waals surface area contributed by atoms with Crippen molar-refractivity contribution in [3.8, 4) is 16.9 Å². The van der Waals surface area contributed by atoms with E-state index in [4.69, 9.17) is 4.74 Å². The number of hydrogen-bond acceptors (Lipinski definition) is 7. The second kappa shape index (κ2) is 10.6. The fourth-order valence-corrected chi connectivity index (χ4v) is 5.11. The number of alkyl halides is 3. The van der Waals surface area contributed by atoms with Gasteiger partial charge in [-0.3, -0.25) is 14.3 Å². The minimum absolute atomic E-state index is 0.158. The number of aromatic nitrogens is 4. The first-order valence-electron chi connectivity index (χ1n) is 13.1. The van der Waals surface area contributed by atoms with Crippen LogP contribution in [0.5, 0.6) is 5.75 Å². The molecule has 1 aliphatic rings. The number of piperazine rings is 1. The summed E-state index contributed by atoms with van der Waals surface area (Å²) < 4.78 is 49.6. The molecule has 3 heterocycles. The maximum atomic E-state index is 14.0. The van der Waals surface area contributed by atoms with E-state index >= 15 is 0 Å². The molecule has 2 atom stereocenters. The third kappa shape index (κ3) is 5.51. The number of likely N-dealkylation sites (N-methyl/N-ethyl adjacent to an activating group) is 1. The van der Waals surface area contributed by atoms with Crippen molar-refractivity contribution in [2.75, 3.05) is 52.3 Å². The smallest absolute Gasteiger partial charge is 0.419 e.